The summed E-state index contributed by atoms with van der Waals surface area (Å²) in [5.74, 6) is -0.154. The van der Waals surface area contributed by atoms with Gasteiger partial charge in [0.25, 0.3) is 15.9 Å². The van der Waals surface area contributed by atoms with Crippen LogP contribution < -0.4 is 14.8 Å². The molecule has 2 N–H and O–H groups in total. The lowest BCUT2D eigenvalue weighted by atomic mass is 10.2. The van der Waals surface area contributed by atoms with Gasteiger partial charge >= 0.3 is 0 Å². The Morgan fingerprint density at radius 2 is 1.53 bits per heavy atom. The average molecular weight is 534 g/mol. The number of sulfonamides is 1. The van der Waals surface area contributed by atoms with E-state index in [0.29, 0.717) is 22.9 Å². The number of halogens is 4. The van der Waals surface area contributed by atoms with Crippen LogP contribution in [0.4, 0.5) is 11.4 Å². The Balaban J connectivity index is 1.94. The van der Waals surface area contributed by atoms with Crippen molar-refractivity contribution in [2.24, 2.45) is 0 Å². The Hall–Kier alpha value is -2.16. The standard InChI is InChI=1S/C21H16Cl4N2O4S/c1-2-31-20-8-7-14(9-19(20)26-21(28)12-3-5-13(22)6-4-12)32(29,30)27-18-11-16(24)15(23)10-17(18)25/h3-11,27H,2H2,1H3,(H,26,28). The second-order valence-corrected chi connectivity index (χ2v) is 9.74. The summed E-state index contributed by atoms with van der Waals surface area (Å²) in [6.45, 7) is 2.08. The van der Waals surface area contributed by atoms with Gasteiger partial charge < -0.3 is 10.1 Å². The molecule has 6 nitrogen and oxygen atoms in total. The highest BCUT2D eigenvalue weighted by Crippen LogP contribution is 2.34. The van der Waals surface area contributed by atoms with Gasteiger partial charge in [-0.15, -0.1) is 0 Å². The van der Waals surface area contributed by atoms with Crippen molar-refractivity contribution in [3.8, 4) is 5.75 Å². The minimum Gasteiger partial charge on any atom is -0.492 e. The van der Waals surface area contributed by atoms with Crippen LogP contribution >= 0.6 is 46.4 Å². The van der Waals surface area contributed by atoms with Crippen molar-refractivity contribution >= 4 is 73.7 Å². The Morgan fingerprint density at radius 3 is 2.19 bits per heavy atom. The third-order valence-corrected chi connectivity index (χ3v) is 6.82. The topological polar surface area (TPSA) is 84.5 Å². The maximum atomic E-state index is 13.0. The number of hydrogen-bond acceptors (Lipinski definition) is 4. The third-order valence-electron chi connectivity index (χ3n) is 4.17. The summed E-state index contributed by atoms with van der Waals surface area (Å²) in [4.78, 5) is 12.5. The number of anilines is 2. The summed E-state index contributed by atoms with van der Waals surface area (Å²) in [6, 6.07) is 13.0. The van der Waals surface area contributed by atoms with E-state index < -0.39 is 15.9 Å². The highest BCUT2D eigenvalue weighted by Gasteiger charge is 2.20. The molecule has 0 aliphatic rings. The van der Waals surface area contributed by atoms with E-state index >= 15 is 0 Å². The molecule has 0 fully saturated rings. The first-order valence-corrected chi connectivity index (χ1v) is 12.1. The number of hydrogen-bond donors (Lipinski definition) is 2. The lowest BCUT2D eigenvalue weighted by Gasteiger charge is -2.15. The van der Waals surface area contributed by atoms with Gasteiger partial charge in [0, 0.05) is 10.6 Å². The highest BCUT2D eigenvalue weighted by atomic mass is 35.5. The lowest BCUT2D eigenvalue weighted by Crippen LogP contribution is -2.16. The SMILES string of the molecule is CCOc1ccc(S(=O)(=O)Nc2cc(Cl)c(Cl)cc2Cl)cc1NC(=O)c1ccc(Cl)cc1. The first-order chi connectivity index (χ1) is 15.1. The Labute approximate surface area is 205 Å². The van der Waals surface area contributed by atoms with Crippen LogP contribution in [0, 0.1) is 0 Å². The fraction of sp³-hybridized carbons (Fsp3) is 0.0952. The van der Waals surface area contributed by atoms with Gasteiger partial charge in [0.15, 0.2) is 0 Å². The maximum Gasteiger partial charge on any atom is 0.262 e. The normalized spacial score (nSPS) is 11.2. The first-order valence-electron chi connectivity index (χ1n) is 9.12. The smallest absolute Gasteiger partial charge is 0.262 e. The lowest BCUT2D eigenvalue weighted by molar-refractivity contribution is 0.102. The van der Waals surface area contributed by atoms with E-state index in [-0.39, 0.29) is 31.3 Å². The van der Waals surface area contributed by atoms with E-state index in [1.165, 1.54) is 30.3 Å². The van der Waals surface area contributed by atoms with Crippen molar-refractivity contribution in [1.29, 1.82) is 0 Å². The third kappa shape index (κ3) is 5.79. The van der Waals surface area contributed by atoms with Gasteiger partial charge in [0.05, 0.1) is 37.9 Å². The predicted molar refractivity (Wildman–Crippen MR) is 129 cm³/mol. The van der Waals surface area contributed by atoms with Crippen LogP contribution in [-0.4, -0.2) is 20.9 Å². The number of ether oxygens (including phenoxy) is 1. The van der Waals surface area contributed by atoms with Crippen molar-refractivity contribution < 1.29 is 17.9 Å². The van der Waals surface area contributed by atoms with Crippen LogP contribution in [-0.2, 0) is 10.0 Å². The minimum absolute atomic E-state index is 0.0571. The van der Waals surface area contributed by atoms with Crippen molar-refractivity contribution in [3.05, 3.63) is 80.3 Å². The van der Waals surface area contributed by atoms with Crippen molar-refractivity contribution in [2.75, 3.05) is 16.6 Å². The molecule has 3 rings (SSSR count). The molecule has 0 saturated carbocycles. The number of benzene rings is 3. The van der Waals surface area contributed by atoms with Crippen LogP contribution in [0.1, 0.15) is 17.3 Å². The molecule has 11 heteroatoms. The first kappa shape index (κ1) is 24.5. The molecule has 3 aromatic rings. The molecule has 0 spiro atoms. The molecule has 0 atom stereocenters. The average Bonchev–Trinajstić information content (AvgIpc) is 2.73. The van der Waals surface area contributed by atoms with Crippen LogP contribution in [0.5, 0.6) is 5.75 Å². The number of rotatable bonds is 7. The number of carbonyl (C=O) groups excluding carboxylic acids is 1. The quantitative estimate of drug-likeness (QED) is 0.329. The molecule has 0 heterocycles. The minimum atomic E-state index is -4.09. The maximum absolute atomic E-state index is 13.0. The largest absolute Gasteiger partial charge is 0.492 e. The van der Waals surface area contributed by atoms with E-state index in [4.69, 9.17) is 51.1 Å². The second kappa shape index (κ2) is 10.2. The van der Waals surface area contributed by atoms with E-state index in [1.807, 2.05) is 0 Å². The van der Waals surface area contributed by atoms with E-state index in [0.717, 1.165) is 0 Å². The predicted octanol–water partition coefficient (Wildman–Crippen LogP) is 6.75. The van der Waals surface area contributed by atoms with Gasteiger partial charge in [0.2, 0.25) is 0 Å². The number of amides is 1. The van der Waals surface area contributed by atoms with Crippen molar-refractivity contribution in [2.45, 2.75) is 11.8 Å². The molecule has 0 aliphatic carbocycles. The monoisotopic (exact) mass is 532 g/mol. The zero-order valence-electron chi connectivity index (χ0n) is 16.5. The van der Waals surface area contributed by atoms with Gasteiger partial charge in [-0.05, 0) is 61.5 Å². The summed E-state index contributed by atoms with van der Waals surface area (Å²) in [6.07, 6.45) is 0. The Kier molecular flexibility index (Phi) is 7.79. The van der Waals surface area contributed by atoms with Gasteiger partial charge in [-0.3, -0.25) is 9.52 Å². The fourth-order valence-corrected chi connectivity index (χ4v) is 4.53. The summed E-state index contributed by atoms with van der Waals surface area (Å²) in [5.41, 5.74) is 0.572. The number of carbonyl (C=O) groups is 1. The zero-order chi connectivity index (χ0) is 23.5. The van der Waals surface area contributed by atoms with Crippen LogP contribution in [0.3, 0.4) is 0 Å². The van der Waals surface area contributed by atoms with E-state index in [1.54, 1.807) is 31.2 Å². The van der Waals surface area contributed by atoms with Gasteiger partial charge in [0.1, 0.15) is 5.75 Å². The van der Waals surface area contributed by atoms with Gasteiger partial charge in [-0.1, -0.05) is 46.4 Å². The van der Waals surface area contributed by atoms with Crippen LogP contribution in [0.2, 0.25) is 20.1 Å². The van der Waals surface area contributed by atoms with Crippen molar-refractivity contribution in [1.82, 2.24) is 0 Å². The van der Waals surface area contributed by atoms with Crippen molar-refractivity contribution in [3.63, 3.8) is 0 Å². The molecule has 0 aromatic heterocycles. The molecule has 168 valence electrons. The molecular formula is C21H16Cl4N2O4S. The molecule has 0 aliphatic heterocycles. The summed E-state index contributed by atoms with van der Waals surface area (Å²) in [7, 11) is -4.09. The highest BCUT2D eigenvalue weighted by molar-refractivity contribution is 7.92. The summed E-state index contributed by atoms with van der Waals surface area (Å²) < 4.78 is 33.8. The summed E-state index contributed by atoms with van der Waals surface area (Å²) in [5, 5.41) is 3.55. The molecule has 0 bridgehead atoms. The van der Waals surface area contributed by atoms with E-state index in [2.05, 4.69) is 10.0 Å². The molecule has 3 aromatic carbocycles. The summed E-state index contributed by atoms with van der Waals surface area (Å²) >= 11 is 23.8. The Morgan fingerprint density at radius 1 is 0.875 bits per heavy atom. The molecular weight excluding hydrogens is 518 g/mol. The fourth-order valence-electron chi connectivity index (χ4n) is 2.66. The molecule has 0 saturated heterocycles. The van der Waals surface area contributed by atoms with E-state index in [9.17, 15) is 13.2 Å². The van der Waals surface area contributed by atoms with Gasteiger partial charge in [-0.2, -0.15) is 0 Å². The molecule has 32 heavy (non-hydrogen) atoms. The van der Waals surface area contributed by atoms with Crippen LogP contribution in [0.25, 0.3) is 0 Å². The van der Waals surface area contributed by atoms with Gasteiger partial charge in [-0.25, -0.2) is 8.42 Å². The molecule has 0 radical (unpaired) electrons. The second-order valence-electron chi connectivity index (χ2n) is 6.40. The Bertz CT molecular complexity index is 1270. The van der Waals surface area contributed by atoms with Crippen LogP contribution in [0.15, 0.2) is 59.5 Å². The molecule has 1 amide bonds. The molecule has 0 unspecified atom stereocenters. The number of nitrogens with one attached hydrogen (secondary N) is 2. The zero-order valence-corrected chi connectivity index (χ0v) is 20.3.